The Hall–Kier alpha value is -4.67. The molecule has 10 heteroatoms. The van der Waals surface area contributed by atoms with Crippen LogP contribution in [0.25, 0.3) is 55.7 Å². The third-order valence-corrected chi connectivity index (χ3v) is 9.61. The van der Waals surface area contributed by atoms with Crippen LogP contribution in [0.15, 0.2) is 67.3 Å². The van der Waals surface area contributed by atoms with E-state index < -0.39 is 0 Å². The fourth-order valence-corrected chi connectivity index (χ4v) is 7.14. The van der Waals surface area contributed by atoms with E-state index >= 15 is 0 Å². The maximum absolute atomic E-state index is 14.8. The fraction of sp³-hybridized carbons (Fsp3) is 0.351. The molecule has 9 nitrogen and oxygen atoms in total. The van der Waals surface area contributed by atoms with Crippen molar-refractivity contribution in [2.24, 2.45) is 5.92 Å². The van der Waals surface area contributed by atoms with Crippen LogP contribution in [0, 0.1) is 11.7 Å². The minimum atomic E-state index is -0.352. The van der Waals surface area contributed by atoms with Gasteiger partial charge in [-0.15, -0.1) is 0 Å². The molecule has 2 fully saturated rings. The lowest BCUT2D eigenvalue weighted by atomic mass is 10.0. The number of aromatic amines is 2. The molecular weight excluding hydrogens is 591 g/mol. The molecule has 47 heavy (non-hydrogen) atoms. The summed E-state index contributed by atoms with van der Waals surface area (Å²) >= 11 is 0. The van der Waals surface area contributed by atoms with E-state index in [4.69, 9.17) is 4.74 Å². The predicted molar refractivity (Wildman–Crippen MR) is 182 cm³/mol. The van der Waals surface area contributed by atoms with Gasteiger partial charge in [-0.2, -0.15) is 5.10 Å². The van der Waals surface area contributed by atoms with Gasteiger partial charge in [0, 0.05) is 76.9 Å². The molecule has 1 saturated carbocycles. The number of benzene rings is 1. The first kappa shape index (κ1) is 29.7. The third-order valence-electron chi connectivity index (χ3n) is 9.61. The Balaban J connectivity index is 1.05. The van der Waals surface area contributed by atoms with Crippen molar-refractivity contribution in [2.45, 2.75) is 45.1 Å². The van der Waals surface area contributed by atoms with Crippen LogP contribution in [0.1, 0.15) is 44.1 Å². The van der Waals surface area contributed by atoms with Crippen molar-refractivity contribution in [1.82, 2.24) is 40.3 Å². The molecule has 0 spiro atoms. The Bertz CT molecular complexity index is 2010. The van der Waals surface area contributed by atoms with E-state index in [0.29, 0.717) is 29.3 Å². The highest BCUT2D eigenvalue weighted by Gasteiger charge is 2.18. The molecule has 0 bridgehead atoms. The van der Waals surface area contributed by atoms with Gasteiger partial charge in [0.2, 0.25) is 0 Å². The second-order valence-corrected chi connectivity index (χ2v) is 12.9. The predicted octanol–water partition coefficient (Wildman–Crippen LogP) is 7.12. The summed E-state index contributed by atoms with van der Waals surface area (Å²) in [7, 11) is 0. The second kappa shape index (κ2) is 13.2. The van der Waals surface area contributed by atoms with Crippen LogP contribution < -0.4 is 10.1 Å². The monoisotopic (exact) mass is 630 g/mol. The van der Waals surface area contributed by atoms with Crippen LogP contribution >= 0.6 is 0 Å². The Morgan fingerprint density at radius 1 is 0.894 bits per heavy atom. The van der Waals surface area contributed by atoms with E-state index in [2.05, 4.69) is 52.5 Å². The summed E-state index contributed by atoms with van der Waals surface area (Å²) in [6.07, 6.45) is 15.2. The van der Waals surface area contributed by atoms with E-state index in [1.807, 2.05) is 36.8 Å². The minimum Gasteiger partial charge on any atom is -0.492 e. The summed E-state index contributed by atoms with van der Waals surface area (Å²) in [6, 6.07) is 13.1. The number of hydrogen-bond acceptors (Lipinski definition) is 7. The molecule has 1 aromatic carbocycles. The number of likely N-dealkylation sites (tertiary alicyclic amines) is 1. The summed E-state index contributed by atoms with van der Waals surface area (Å²) in [4.78, 5) is 19.8. The van der Waals surface area contributed by atoms with Gasteiger partial charge < -0.3 is 15.0 Å². The first-order valence-electron chi connectivity index (χ1n) is 16.8. The van der Waals surface area contributed by atoms with Gasteiger partial charge in [-0.1, -0.05) is 12.8 Å². The zero-order valence-corrected chi connectivity index (χ0v) is 26.4. The van der Waals surface area contributed by atoms with Crippen molar-refractivity contribution in [3.8, 4) is 39.5 Å². The van der Waals surface area contributed by atoms with E-state index in [-0.39, 0.29) is 5.82 Å². The Morgan fingerprint density at radius 3 is 2.66 bits per heavy atom. The molecule has 0 radical (unpaired) electrons. The lowest BCUT2D eigenvalue weighted by Crippen LogP contribution is -2.25. The van der Waals surface area contributed by atoms with Crippen LogP contribution in [-0.2, 0) is 6.54 Å². The summed E-state index contributed by atoms with van der Waals surface area (Å²) < 4.78 is 20.8. The number of ether oxygens (including phenoxy) is 1. The third kappa shape index (κ3) is 6.48. The van der Waals surface area contributed by atoms with Crippen LogP contribution in [0.5, 0.6) is 5.75 Å². The number of fused-ring (bicyclic) bond motifs is 2. The molecule has 3 N–H and O–H groups in total. The largest absolute Gasteiger partial charge is 0.492 e. The van der Waals surface area contributed by atoms with Crippen molar-refractivity contribution >= 4 is 21.9 Å². The molecule has 0 unspecified atom stereocenters. The van der Waals surface area contributed by atoms with Crippen LogP contribution in [0.4, 0.5) is 4.39 Å². The number of aromatic nitrogens is 6. The second-order valence-electron chi connectivity index (χ2n) is 12.9. The Morgan fingerprint density at radius 2 is 1.77 bits per heavy atom. The first-order valence-corrected chi connectivity index (χ1v) is 16.8. The standard InChI is InChI=1S/C37H39FN8O/c38-29-14-26(15-30(17-29)47-12-11-46-9-3-4-10-46)35-31-18-34(43-33(31)7-8-41-35)36-32-16-28(23-42-37(32)45-44-36)27-13-25(21-40-22-27)20-39-19-24-5-1-2-6-24/h7-8,13-18,21-24,39,43H,1-6,9-12,19-20H2,(H,42,44,45). The summed E-state index contributed by atoms with van der Waals surface area (Å²) in [5, 5.41) is 13.1. The zero-order chi connectivity index (χ0) is 31.6. The van der Waals surface area contributed by atoms with Gasteiger partial charge in [0.1, 0.15) is 18.2 Å². The average Bonchev–Trinajstić information content (AvgIpc) is 3.91. The zero-order valence-electron chi connectivity index (χ0n) is 26.4. The topological polar surface area (TPSA) is 108 Å². The van der Waals surface area contributed by atoms with Gasteiger partial charge >= 0.3 is 0 Å². The highest BCUT2D eigenvalue weighted by atomic mass is 19.1. The van der Waals surface area contributed by atoms with Crippen molar-refractivity contribution in [3.63, 3.8) is 0 Å². The molecule has 0 amide bonds. The van der Waals surface area contributed by atoms with Crippen LogP contribution in [0.3, 0.4) is 0 Å². The molecule has 6 heterocycles. The Kier molecular flexibility index (Phi) is 8.35. The van der Waals surface area contributed by atoms with E-state index in [9.17, 15) is 4.39 Å². The lowest BCUT2D eigenvalue weighted by molar-refractivity contribution is 0.237. The SMILES string of the molecule is Fc1cc(OCCN2CCCC2)cc(-c2nccc3[nH]c(-c4[nH]nc5ncc(-c6cncc(CNCC7CCCC7)c6)cc45)cc23)c1. The van der Waals surface area contributed by atoms with Crippen molar-refractivity contribution in [3.05, 3.63) is 78.6 Å². The molecule has 1 aliphatic heterocycles. The van der Waals surface area contributed by atoms with Crippen LogP contribution in [-0.4, -0.2) is 67.8 Å². The number of halogens is 1. The number of hydrogen-bond donors (Lipinski definition) is 3. The van der Waals surface area contributed by atoms with Gasteiger partial charge in [0.05, 0.1) is 17.1 Å². The number of H-pyrrole nitrogens is 2. The average molecular weight is 631 g/mol. The number of pyridine rings is 3. The van der Waals surface area contributed by atoms with E-state index in [1.165, 1.54) is 50.7 Å². The molecule has 0 atom stereocenters. The highest BCUT2D eigenvalue weighted by Crippen LogP contribution is 2.35. The molecule has 240 valence electrons. The summed E-state index contributed by atoms with van der Waals surface area (Å²) in [6.45, 7) is 5.43. The van der Waals surface area contributed by atoms with E-state index in [0.717, 1.165) is 83.0 Å². The molecule has 8 rings (SSSR count). The minimum absolute atomic E-state index is 0.352. The van der Waals surface area contributed by atoms with Gasteiger partial charge in [-0.25, -0.2) is 9.37 Å². The quantitative estimate of drug-likeness (QED) is 0.140. The first-order chi connectivity index (χ1) is 23.2. The molecule has 5 aromatic heterocycles. The Labute approximate surface area is 273 Å². The van der Waals surface area contributed by atoms with Gasteiger partial charge in [0.15, 0.2) is 5.65 Å². The van der Waals surface area contributed by atoms with Gasteiger partial charge in [0.25, 0.3) is 0 Å². The van der Waals surface area contributed by atoms with E-state index in [1.54, 1.807) is 6.20 Å². The molecule has 6 aromatic rings. The fourth-order valence-electron chi connectivity index (χ4n) is 7.14. The lowest BCUT2D eigenvalue weighted by Gasteiger charge is -2.15. The summed E-state index contributed by atoms with van der Waals surface area (Å²) in [5.41, 5.74) is 7.67. The number of nitrogens with one attached hydrogen (secondary N) is 3. The van der Waals surface area contributed by atoms with Crippen LogP contribution in [0.2, 0.25) is 0 Å². The molecule has 1 aliphatic carbocycles. The molecular formula is C37H39FN8O. The maximum atomic E-state index is 14.8. The van der Waals surface area contributed by atoms with Crippen molar-refractivity contribution in [2.75, 3.05) is 32.8 Å². The number of rotatable bonds is 11. The molecule has 1 saturated heterocycles. The van der Waals surface area contributed by atoms with Crippen molar-refractivity contribution in [1.29, 1.82) is 0 Å². The maximum Gasteiger partial charge on any atom is 0.181 e. The van der Waals surface area contributed by atoms with Gasteiger partial charge in [-0.05, 0) is 93.2 Å². The van der Waals surface area contributed by atoms with Crippen molar-refractivity contribution < 1.29 is 9.13 Å². The van der Waals surface area contributed by atoms with Gasteiger partial charge in [-0.3, -0.25) is 20.0 Å². The molecule has 2 aliphatic rings. The normalized spacial score (nSPS) is 15.8. The highest BCUT2D eigenvalue weighted by molar-refractivity contribution is 6.00. The number of nitrogens with zero attached hydrogens (tertiary/aromatic N) is 5. The summed E-state index contributed by atoms with van der Waals surface area (Å²) in [5.74, 6) is 0.952. The smallest absolute Gasteiger partial charge is 0.181 e.